The molecule has 1 atom stereocenters. The number of aromatic amines is 1. The first-order valence-corrected chi connectivity index (χ1v) is 8.30. The lowest BCUT2D eigenvalue weighted by atomic mass is 9.76. The van der Waals surface area contributed by atoms with Gasteiger partial charge >= 0.3 is 5.97 Å². The van der Waals surface area contributed by atoms with E-state index in [1.807, 2.05) is 18.2 Å². The lowest BCUT2D eigenvalue weighted by Crippen LogP contribution is -2.47. The number of aliphatic carboxylic acids is 1. The summed E-state index contributed by atoms with van der Waals surface area (Å²) < 4.78 is 1.85. The molecule has 0 saturated heterocycles. The fourth-order valence-corrected chi connectivity index (χ4v) is 3.58. The van der Waals surface area contributed by atoms with E-state index in [0.717, 1.165) is 5.56 Å². The Morgan fingerprint density at radius 3 is 2.70 bits per heavy atom. The van der Waals surface area contributed by atoms with E-state index in [1.54, 1.807) is 10.7 Å². The second-order valence-corrected chi connectivity index (χ2v) is 7.37. The number of benzene rings is 1. The number of hydrogen-bond donors (Lipinski definition) is 2. The number of rotatable bonds is 6. The standard InChI is InChI=1S/C15H15Cl2N3O2S/c16-11-4-2-1-3-10(11)7-14(12(21)22,15(17)5-6-15)8-20-13(23)18-9-19-20/h1-4,9H,5-8H2,(H,21,22)(H,18,19,23). The number of H-pyrrole nitrogens is 1. The number of halogens is 2. The molecule has 2 aromatic rings. The lowest BCUT2D eigenvalue weighted by molar-refractivity contribution is -0.151. The number of nitrogens with one attached hydrogen (secondary N) is 1. The molecule has 1 aromatic heterocycles. The van der Waals surface area contributed by atoms with Crippen LogP contribution in [0, 0.1) is 10.2 Å². The van der Waals surface area contributed by atoms with Crippen LogP contribution < -0.4 is 0 Å². The summed E-state index contributed by atoms with van der Waals surface area (Å²) in [7, 11) is 0. The maximum absolute atomic E-state index is 12.3. The minimum atomic E-state index is -1.22. The second-order valence-electron chi connectivity index (χ2n) is 5.88. The molecular weight excluding hydrogens is 357 g/mol. The van der Waals surface area contributed by atoms with Crippen molar-refractivity contribution in [3.8, 4) is 0 Å². The Hall–Kier alpha value is -1.37. The van der Waals surface area contributed by atoms with Crippen molar-refractivity contribution in [2.45, 2.75) is 30.7 Å². The normalized spacial score (nSPS) is 18.3. The van der Waals surface area contributed by atoms with Crippen LogP contribution in [-0.4, -0.2) is 30.7 Å². The molecule has 1 fully saturated rings. The fraction of sp³-hybridized carbons (Fsp3) is 0.400. The third-order valence-electron chi connectivity index (χ3n) is 4.45. The molecule has 1 aliphatic carbocycles. The summed E-state index contributed by atoms with van der Waals surface area (Å²) in [5.74, 6) is -0.957. The number of aromatic nitrogens is 3. The molecule has 1 saturated carbocycles. The van der Waals surface area contributed by atoms with Crippen molar-refractivity contribution in [3.63, 3.8) is 0 Å². The maximum Gasteiger partial charge on any atom is 0.313 e. The van der Waals surface area contributed by atoms with Crippen LogP contribution in [0.5, 0.6) is 0 Å². The summed E-state index contributed by atoms with van der Waals surface area (Å²) in [6.45, 7) is 0.121. The van der Waals surface area contributed by atoms with Gasteiger partial charge < -0.3 is 5.11 Å². The molecule has 8 heteroatoms. The number of carboxylic acid groups (broad SMARTS) is 1. The Kier molecular flexibility index (Phi) is 4.25. The largest absolute Gasteiger partial charge is 0.481 e. The zero-order valence-corrected chi connectivity index (χ0v) is 14.5. The molecule has 0 aliphatic heterocycles. The van der Waals surface area contributed by atoms with E-state index in [2.05, 4.69) is 10.1 Å². The lowest BCUT2D eigenvalue weighted by Gasteiger charge is -2.34. The van der Waals surface area contributed by atoms with Gasteiger partial charge in [0.05, 0.1) is 11.4 Å². The van der Waals surface area contributed by atoms with Gasteiger partial charge in [0, 0.05) is 5.02 Å². The predicted octanol–water partition coefficient (Wildman–Crippen LogP) is 3.68. The first kappa shape index (κ1) is 16.5. The molecule has 0 spiro atoms. The van der Waals surface area contributed by atoms with Gasteiger partial charge in [0.25, 0.3) is 0 Å². The SMILES string of the molecule is O=C(O)C(Cc1ccccc1Cl)(Cn1[nH]cnc1=S)C1(Cl)CC1. The number of hydrogen-bond acceptors (Lipinski definition) is 3. The van der Waals surface area contributed by atoms with Crippen molar-refractivity contribution in [3.05, 3.63) is 45.9 Å². The molecule has 1 unspecified atom stereocenters. The van der Waals surface area contributed by atoms with Gasteiger partial charge in [-0.25, -0.2) is 4.98 Å². The third kappa shape index (κ3) is 2.91. The van der Waals surface area contributed by atoms with E-state index in [1.165, 1.54) is 6.33 Å². The molecular formula is C15H15Cl2N3O2S. The highest BCUT2D eigenvalue weighted by Crippen LogP contribution is 2.58. The number of nitrogens with zero attached hydrogens (tertiary/aromatic N) is 2. The Balaban J connectivity index is 2.06. The first-order valence-electron chi connectivity index (χ1n) is 7.14. The Labute approximate surface area is 148 Å². The number of alkyl halides is 1. The van der Waals surface area contributed by atoms with E-state index in [4.69, 9.17) is 35.4 Å². The van der Waals surface area contributed by atoms with Crippen molar-refractivity contribution in [1.82, 2.24) is 14.8 Å². The van der Waals surface area contributed by atoms with Crippen LogP contribution in [0.4, 0.5) is 0 Å². The van der Waals surface area contributed by atoms with E-state index in [-0.39, 0.29) is 13.0 Å². The topological polar surface area (TPSA) is 70.9 Å². The Morgan fingerprint density at radius 1 is 1.48 bits per heavy atom. The molecule has 0 bridgehead atoms. The van der Waals surface area contributed by atoms with Crippen molar-refractivity contribution >= 4 is 41.4 Å². The van der Waals surface area contributed by atoms with Gasteiger partial charge in [-0.2, -0.15) is 0 Å². The summed E-state index contributed by atoms with van der Waals surface area (Å²) in [4.78, 5) is 15.4. The van der Waals surface area contributed by atoms with Crippen LogP contribution in [0.15, 0.2) is 30.6 Å². The van der Waals surface area contributed by atoms with Gasteiger partial charge in [-0.15, -0.1) is 11.6 Å². The fourth-order valence-electron chi connectivity index (χ4n) is 2.91. The molecule has 1 aliphatic rings. The molecule has 23 heavy (non-hydrogen) atoms. The van der Waals surface area contributed by atoms with E-state index < -0.39 is 16.3 Å². The summed E-state index contributed by atoms with van der Waals surface area (Å²) in [5.41, 5.74) is -0.459. The van der Waals surface area contributed by atoms with E-state index >= 15 is 0 Å². The smallest absolute Gasteiger partial charge is 0.313 e. The van der Waals surface area contributed by atoms with Crippen molar-refractivity contribution < 1.29 is 9.90 Å². The summed E-state index contributed by atoms with van der Waals surface area (Å²) in [6.07, 6.45) is 2.96. The summed E-state index contributed by atoms with van der Waals surface area (Å²) >= 11 is 18.0. The predicted molar refractivity (Wildman–Crippen MR) is 90.5 cm³/mol. The molecule has 1 aromatic carbocycles. The van der Waals surface area contributed by atoms with Gasteiger partial charge in [-0.3, -0.25) is 14.6 Å². The van der Waals surface area contributed by atoms with Crippen LogP contribution in [0.2, 0.25) is 5.02 Å². The van der Waals surface area contributed by atoms with Crippen LogP contribution >= 0.6 is 35.4 Å². The molecule has 5 nitrogen and oxygen atoms in total. The zero-order valence-electron chi connectivity index (χ0n) is 12.1. The van der Waals surface area contributed by atoms with Crippen LogP contribution in [0.25, 0.3) is 0 Å². The van der Waals surface area contributed by atoms with Crippen LogP contribution in [-0.2, 0) is 17.8 Å². The van der Waals surface area contributed by atoms with E-state index in [0.29, 0.717) is 22.6 Å². The highest BCUT2D eigenvalue weighted by atomic mass is 35.5. The van der Waals surface area contributed by atoms with Gasteiger partial charge in [-0.05, 0) is 43.1 Å². The van der Waals surface area contributed by atoms with Gasteiger partial charge in [0.2, 0.25) is 4.77 Å². The van der Waals surface area contributed by atoms with Crippen LogP contribution in [0.1, 0.15) is 18.4 Å². The number of carboxylic acids is 1. The minimum absolute atomic E-state index is 0.121. The molecule has 122 valence electrons. The maximum atomic E-state index is 12.3. The zero-order chi connectivity index (χ0) is 16.7. The molecule has 0 radical (unpaired) electrons. The highest BCUT2D eigenvalue weighted by Gasteiger charge is 2.63. The van der Waals surface area contributed by atoms with Gasteiger partial charge in [0.1, 0.15) is 11.7 Å². The van der Waals surface area contributed by atoms with Crippen molar-refractivity contribution in [1.29, 1.82) is 0 Å². The minimum Gasteiger partial charge on any atom is -0.481 e. The number of carbonyl (C=O) groups is 1. The first-order chi connectivity index (χ1) is 10.9. The summed E-state index contributed by atoms with van der Waals surface area (Å²) in [6, 6.07) is 7.23. The monoisotopic (exact) mass is 371 g/mol. The molecule has 1 heterocycles. The van der Waals surface area contributed by atoms with Gasteiger partial charge in [-0.1, -0.05) is 29.8 Å². The van der Waals surface area contributed by atoms with Crippen molar-refractivity contribution in [2.75, 3.05) is 0 Å². The quantitative estimate of drug-likeness (QED) is 0.600. The highest BCUT2D eigenvalue weighted by molar-refractivity contribution is 7.71. The van der Waals surface area contributed by atoms with E-state index in [9.17, 15) is 9.90 Å². The molecule has 0 amide bonds. The third-order valence-corrected chi connectivity index (χ3v) is 5.89. The molecule has 2 N–H and O–H groups in total. The average molecular weight is 372 g/mol. The Bertz CT molecular complexity index is 800. The second kappa shape index (κ2) is 5.92. The van der Waals surface area contributed by atoms with Crippen LogP contribution in [0.3, 0.4) is 0 Å². The van der Waals surface area contributed by atoms with Crippen molar-refractivity contribution in [2.24, 2.45) is 5.41 Å². The Morgan fingerprint density at radius 2 is 2.17 bits per heavy atom. The summed E-state index contributed by atoms with van der Waals surface area (Å²) in [5, 5.41) is 13.4. The average Bonchev–Trinajstić information content (AvgIpc) is 3.14. The molecule has 3 rings (SSSR count). The van der Waals surface area contributed by atoms with Gasteiger partial charge in [0.15, 0.2) is 0 Å².